The normalized spacial score (nSPS) is 10.9. The van der Waals surface area contributed by atoms with E-state index in [9.17, 15) is 0 Å². The first-order valence-electron chi connectivity index (χ1n) is 6.83. The molecule has 5 nitrogen and oxygen atoms in total. The Morgan fingerprint density at radius 2 is 1.73 bits per heavy atom. The van der Waals surface area contributed by atoms with E-state index < -0.39 is 0 Å². The number of anilines is 1. The third kappa shape index (κ3) is 2.09. The summed E-state index contributed by atoms with van der Waals surface area (Å²) in [6.45, 7) is 0. The third-order valence-electron chi connectivity index (χ3n) is 3.44. The monoisotopic (exact) mass is 288 g/mol. The quantitative estimate of drug-likeness (QED) is 0.610. The van der Waals surface area contributed by atoms with Gasteiger partial charge in [-0.1, -0.05) is 30.3 Å². The molecule has 2 aromatic carbocycles. The van der Waals surface area contributed by atoms with Gasteiger partial charge in [0.2, 0.25) is 0 Å². The topological polar surface area (TPSA) is 77.8 Å². The maximum absolute atomic E-state index is 5.82. The van der Waals surface area contributed by atoms with Crippen LogP contribution in [-0.2, 0) is 0 Å². The predicted molar refractivity (Wildman–Crippen MR) is 84.9 cm³/mol. The van der Waals surface area contributed by atoms with E-state index in [2.05, 4.69) is 15.0 Å². The van der Waals surface area contributed by atoms with Gasteiger partial charge in [-0.3, -0.25) is 4.98 Å². The predicted octanol–water partition coefficient (Wildman–Crippen LogP) is 3.53. The molecule has 0 unspecified atom stereocenters. The van der Waals surface area contributed by atoms with Gasteiger partial charge in [-0.25, -0.2) is 9.97 Å². The standard InChI is InChI=1S/C17H12N4O/c18-15-9-19-16(17(21-15)11-4-2-1-3-5-11)12-6-7-14-13(8-12)20-10-22-14/h1-10H,(H2,18,21). The second-order valence-electron chi connectivity index (χ2n) is 4.89. The number of hydrogen-bond donors (Lipinski definition) is 1. The van der Waals surface area contributed by atoms with E-state index in [0.29, 0.717) is 5.82 Å². The summed E-state index contributed by atoms with van der Waals surface area (Å²) >= 11 is 0. The summed E-state index contributed by atoms with van der Waals surface area (Å²) in [6, 6.07) is 15.6. The van der Waals surface area contributed by atoms with Gasteiger partial charge in [0.05, 0.1) is 17.6 Å². The zero-order chi connectivity index (χ0) is 14.9. The second-order valence-corrected chi connectivity index (χ2v) is 4.89. The van der Waals surface area contributed by atoms with Crippen molar-refractivity contribution < 1.29 is 4.42 Å². The Morgan fingerprint density at radius 3 is 2.59 bits per heavy atom. The van der Waals surface area contributed by atoms with Gasteiger partial charge in [-0.05, 0) is 18.2 Å². The van der Waals surface area contributed by atoms with Gasteiger partial charge in [0, 0.05) is 11.1 Å². The van der Waals surface area contributed by atoms with Crippen LogP contribution >= 0.6 is 0 Å². The smallest absolute Gasteiger partial charge is 0.181 e. The van der Waals surface area contributed by atoms with Crippen LogP contribution in [0.25, 0.3) is 33.6 Å². The van der Waals surface area contributed by atoms with Gasteiger partial charge >= 0.3 is 0 Å². The molecule has 4 aromatic rings. The van der Waals surface area contributed by atoms with Crippen LogP contribution in [0.5, 0.6) is 0 Å². The highest BCUT2D eigenvalue weighted by Crippen LogP contribution is 2.30. The van der Waals surface area contributed by atoms with Crippen LogP contribution in [0.3, 0.4) is 0 Å². The van der Waals surface area contributed by atoms with Crippen molar-refractivity contribution >= 4 is 16.9 Å². The summed E-state index contributed by atoms with van der Waals surface area (Å²) in [5.74, 6) is 0.394. The van der Waals surface area contributed by atoms with E-state index in [1.807, 2.05) is 48.5 Å². The van der Waals surface area contributed by atoms with Crippen molar-refractivity contribution in [3.05, 3.63) is 61.1 Å². The molecule has 0 bridgehead atoms. The molecule has 0 aliphatic carbocycles. The third-order valence-corrected chi connectivity index (χ3v) is 3.44. The van der Waals surface area contributed by atoms with E-state index in [1.54, 1.807) is 6.20 Å². The Kier molecular flexibility index (Phi) is 2.83. The number of nitrogen functional groups attached to an aromatic ring is 1. The van der Waals surface area contributed by atoms with Gasteiger partial charge in [-0.2, -0.15) is 0 Å². The molecule has 0 aliphatic heterocycles. The van der Waals surface area contributed by atoms with Crippen LogP contribution in [0.2, 0.25) is 0 Å². The fourth-order valence-electron chi connectivity index (χ4n) is 2.42. The Morgan fingerprint density at radius 1 is 0.864 bits per heavy atom. The number of benzene rings is 2. The molecule has 0 fully saturated rings. The number of aromatic nitrogens is 3. The number of rotatable bonds is 2. The molecular weight excluding hydrogens is 276 g/mol. The molecule has 0 radical (unpaired) electrons. The van der Waals surface area contributed by atoms with Crippen LogP contribution in [0.4, 0.5) is 5.82 Å². The molecule has 0 atom stereocenters. The second kappa shape index (κ2) is 4.96. The van der Waals surface area contributed by atoms with Crippen molar-refractivity contribution in [3.63, 3.8) is 0 Å². The molecule has 22 heavy (non-hydrogen) atoms. The first-order chi connectivity index (χ1) is 10.8. The van der Waals surface area contributed by atoms with Crippen molar-refractivity contribution in [2.24, 2.45) is 0 Å². The number of nitrogens with two attached hydrogens (primary N) is 1. The van der Waals surface area contributed by atoms with Gasteiger partial charge in [0.1, 0.15) is 11.3 Å². The summed E-state index contributed by atoms with van der Waals surface area (Å²) < 4.78 is 5.28. The highest BCUT2D eigenvalue weighted by atomic mass is 16.3. The van der Waals surface area contributed by atoms with Crippen LogP contribution in [0.1, 0.15) is 0 Å². The molecule has 0 spiro atoms. The van der Waals surface area contributed by atoms with E-state index in [4.69, 9.17) is 10.2 Å². The Hall–Kier alpha value is -3.21. The fourth-order valence-corrected chi connectivity index (χ4v) is 2.42. The minimum absolute atomic E-state index is 0.394. The van der Waals surface area contributed by atoms with Crippen molar-refractivity contribution in [3.8, 4) is 22.5 Å². The number of oxazole rings is 1. The SMILES string of the molecule is Nc1cnc(-c2ccc3ocnc3c2)c(-c2ccccc2)n1. The molecule has 106 valence electrons. The first-order valence-corrected chi connectivity index (χ1v) is 6.83. The van der Waals surface area contributed by atoms with Crippen LogP contribution < -0.4 is 5.73 Å². The summed E-state index contributed by atoms with van der Waals surface area (Å²) in [7, 11) is 0. The number of fused-ring (bicyclic) bond motifs is 1. The lowest BCUT2D eigenvalue weighted by Crippen LogP contribution is -1.98. The van der Waals surface area contributed by atoms with E-state index in [0.717, 1.165) is 33.6 Å². The minimum Gasteiger partial charge on any atom is -0.443 e. The molecule has 0 amide bonds. The van der Waals surface area contributed by atoms with Gasteiger partial charge < -0.3 is 10.2 Å². The summed E-state index contributed by atoms with van der Waals surface area (Å²) in [6.07, 6.45) is 3.00. The average molecular weight is 288 g/mol. The highest BCUT2D eigenvalue weighted by Gasteiger charge is 2.12. The molecular formula is C17H12N4O. The number of hydrogen-bond acceptors (Lipinski definition) is 5. The molecule has 5 heteroatoms. The van der Waals surface area contributed by atoms with Crippen molar-refractivity contribution in [2.45, 2.75) is 0 Å². The van der Waals surface area contributed by atoms with Crippen LogP contribution in [0.15, 0.2) is 65.5 Å². The minimum atomic E-state index is 0.394. The maximum Gasteiger partial charge on any atom is 0.181 e. The first kappa shape index (κ1) is 12.5. The van der Waals surface area contributed by atoms with Crippen LogP contribution in [-0.4, -0.2) is 15.0 Å². The summed E-state index contributed by atoms with van der Waals surface area (Å²) in [5.41, 5.74) is 10.8. The molecule has 0 saturated heterocycles. The summed E-state index contributed by atoms with van der Waals surface area (Å²) in [5, 5.41) is 0. The van der Waals surface area contributed by atoms with E-state index >= 15 is 0 Å². The Labute approximate surface area is 126 Å². The molecule has 0 aliphatic rings. The van der Waals surface area contributed by atoms with Crippen LogP contribution in [0, 0.1) is 0 Å². The van der Waals surface area contributed by atoms with Gasteiger partial charge in [0.25, 0.3) is 0 Å². The van der Waals surface area contributed by atoms with Gasteiger partial charge in [0.15, 0.2) is 12.0 Å². The lowest BCUT2D eigenvalue weighted by Gasteiger charge is -2.09. The van der Waals surface area contributed by atoms with E-state index in [-0.39, 0.29) is 0 Å². The van der Waals surface area contributed by atoms with E-state index in [1.165, 1.54) is 6.39 Å². The molecule has 2 N–H and O–H groups in total. The van der Waals surface area contributed by atoms with Gasteiger partial charge in [-0.15, -0.1) is 0 Å². The maximum atomic E-state index is 5.82. The molecule has 2 heterocycles. The zero-order valence-electron chi connectivity index (χ0n) is 11.6. The van der Waals surface area contributed by atoms with Crippen molar-refractivity contribution in [2.75, 3.05) is 5.73 Å². The fraction of sp³-hybridized carbons (Fsp3) is 0. The molecule has 4 rings (SSSR count). The number of nitrogens with zero attached hydrogens (tertiary/aromatic N) is 3. The lowest BCUT2D eigenvalue weighted by atomic mass is 10.0. The molecule has 0 saturated carbocycles. The largest absolute Gasteiger partial charge is 0.443 e. The lowest BCUT2D eigenvalue weighted by molar-refractivity contribution is 0.602. The summed E-state index contributed by atoms with van der Waals surface area (Å²) in [4.78, 5) is 13.1. The van der Waals surface area contributed by atoms with Crippen molar-refractivity contribution in [1.29, 1.82) is 0 Å². The Balaban J connectivity index is 1.94. The zero-order valence-corrected chi connectivity index (χ0v) is 11.6. The molecule has 2 aromatic heterocycles. The Bertz CT molecular complexity index is 947. The average Bonchev–Trinajstić information content (AvgIpc) is 3.03. The van der Waals surface area contributed by atoms with Crippen molar-refractivity contribution in [1.82, 2.24) is 15.0 Å². The highest BCUT2D eigenvalue weighted by molar-refractivity contribution is 5.84.